The van der Waals surface area contributed by atoms with E-state index in [1.54, 1.807) is 0 Å². The molecule has 1 saturated carbocycles. The van der Waals surface area contributed by atoms with Crippen LogP contribution in [0.15, 0.2) is 18.5 Å². The molecule has 0 aromatic carbocycles. The number of aryl methyl sites for hydroxylation is 1. The van der Waals surface area contributed by atoms with Gasteiger partial charge >= 0.3 is 0 Å². The Kier molecular flexibility index (Phi) is 3.19. The van der Waals surface area contributed by atoms with Crippen molar-refractivity contribution < 1.29 is 0 Å². The number of rotatable bonds is 2. The molecule has 2 aromatic heterocycles. The van der Waals surface area contributed by atoms with Crippen LogP contribution in [-0.4, -0.2) is 21.5 Å². The molecule has 1 fully saturated rings. The van der Waals surface area contributed by atoms with E-state index in [-0.39, 0.29) is 0 Å². The third kappa shape index (κ3) is 2.23. The first-order valence-electron chi connectivity index (χ1n) is 7.84. The zero-order valence-corrected chi connectivity index (χ0v) is 12.4. The van der Waals surface area contributed by atoms with Crippen LogP contribution < -0.4 is 5.32 Å². The molecule has 0 amide bonds. The number of pyridine rings is 1. The second-order valence-electron chi connectivity index (χ2n) is 6.10. The standard InChI is InChI=1S/C17H20N4/c1-11-9-18-7-5-13(11)17-20-15-6-8-19-10-14(15)16(21-17)12-3-2-4-12/h5,7,9,12,19H,2-4,6,8,10H2,1H3. The lowest BCUT2D eigenvalue weighted by Crippen LogP contribution is -2.28. The van der Waals surface area contributed by atoms with Crippen LogP contribution in [-0.2, 0) is 13.0 Å². The zero-order chi connectivity index (χ0) is 14.2. The molecule has 0 radical (unpaired) electrons. The first-order valence-corrected chi connectivity index (χ1v) is 7.84. The number of nitrogens with zero attached hydrogens (tertiary/aromatic N) is 3. The van der Waals surface area contributed by atoms with E-state index in [1.807, 2.05) is 18.5 Å². The summed E-state index contributed by atoms with van der Waals surface area (Å²) in [5.74, 6) is 1.53. The summed E-state index contributed by atoms with van der Waals surface area (Å²) in [5, 5.41) is 3.47. The van der Waals surface area contributed by atoms with Gasteiger partial charge in [-0.25, -0.2) is 9.97 Å². The molecule has 2 aliphatic rings. The zero-order valence-electron chi connectivity index (χ0n) is 12.4. The summed E-state index contributed by atoms with van der Waals surface area (Å²) in [6.45, 7) is 4.02. The first-order chi connectivity index (χ1) is 10.3. The number of aromatic nitrogens is 3. The lowest BCUT2D eigenvalue weighted by Gasteiger charge is -2.30. The van der Waals surface area contributed by atoms with E-state index in [0.29, 0.717) is 5.92 Å². The van der Waals surface area contributed by atoms with Gasteiger partial charge in [-0.15, -0.1) is 0 Å². The minimum atomic E-state index is 0.641. The van der Waals surface area contributed by atoms with E-state index in [0.717, 1.165) is 36.5 Å². The fourth-order valence-electron chi connectivity index (χ4n) is 3.23. The molecule has 0 spiro atoms. The average Bonchev–Trinajstić information content (AvgIpc) is 2.46. The summed E-state index contributed by atoms with van der Waals surface area (Å²) in [5.41, 5.74) is 6.17. The van der Waals surface area contributed by atoms with Gasteiger partial charge in [0.1, 0.15) is 0 Å². The van der Waals surface area contributed by atoms with Gasteiger partial charge in [-0.05, 0) is 31.4 Å². The third-order valence-corrected chi connectivity index (χ3v) is 4.72. The van der Waals surface area contributed by atoms with Crippen LogP contribution in [0.2, 0.25) is 0 Å². The quantitative estimate of drug-likeness (QED) is 0.919. The van der Waals surface area contributed by atoms with Crippen LogP contribution in [0.1, 0.15) is 47.7 Å². The Hall–Kier alpha value is -1.81. The van der Waals surface area contributed by atoms with Crippen molar-refractivity contribution >= 4 is 0 Å². The lowest BCUT2D eigenvalue weighted by molar-refractivity contribution is 0.404. The largest absolute Gasteiger partial charge is 0.312 e. The Balaban J connectivity index is 1.86. The molecule has 4 nitrogen and oxygen atoms in total. The van der Waals surface area contributed by atoms with Crippen LogP contribution in [0.3, 0.4) is 0 Å². The molecule has 2 aromatic rings. The van der Waals surface area contributed by atoms with Crippen molar-refractivity contribution in [2.75, 3.05) is 6.54 Å². The van der Waals surface area contributed by atoms with Crippen molar-refractivity contribution in [3.8, 4) is 11.4 Å². The maximum atomic E-state index is 4.96. The summed E-state index contributed by atoms with van der Waals surface area (Å²) in [4.78, 5) is 14.0. The maximum absolute atomic E-state index is 4.96. The van der Waals surface area contributed by atoms with Gasteiger partial charge in [-0.1, -0.05) is 6.42 Å². The SMILES string of the molecule is Cc1cnccc1-c1nc2c(c(C3CCC3)n1)CNCC2. The maximum Gasteiger partial charge on any atom is 0.160 e. The molecule has 1 aliphatic carbocycles. The second kappa shape index (κ2) is 5.19. The summed E-state index contributed by atoms with van der Waals surface area (Å²) >= 11 is 0. The Morgan fingerprint density at radius 2 is 2.14 bits per heavy atom. The van der Waals surface area contributed by atoms with Crippen molar-refractivity contribution in [1.82, 2.24) is 20.3 Å². The van der Waals surface area contributed by atoms with E-state index < -0.39 is 0 Å². The number of hydrogen-bond acceptors (Lipinski definition) is 4. The molecule has 1 aliphatic heterocycles. The molecule has 4 rings (SSSR count). The number of fused-ring (bicyclic) bond motifs is 1. The van der Waals surface area contributed by atoms with Crippen LogP contribution in [0.4, 0.5) is 0 Å². The Labute approximate surface area is 125 Å². The molecular formula is C17H20N4. The fourth-order valence-corrected chi connectivity index (χ4v) is 3.23. The topological polar surface area (TPSA) is 50.7 Å². The van der Waals surface area contributed by atoms with Crippen molar-refractivity contribution in [1.29, 1.82) is 0 Å². The van der Waals surface area contributed by atoms with Crippen LogP contribution in [0, 0.1) is 6.92 Å². The molecule has 1 N–H and O–H groups in total. The lowest BCUT2D eigenvalue weighted by atomic mass is 9.80. The van der Waals surface area contributed by atoms with Gasteiger partial charge in [0.15, 0.2) is 5.82 Å². The molecule has 108 valence electrons. The summed E-state index contributed by atoms with van der Waals surface area (Å²) in [6.07, 6.45) is 8.62. The van der Waals surface area contributed by atoms with Gasteiger partial charge in [0.2, 0.25) is 0 Å². The highest BCUT2D eigenvalue weighted by Crippen LogP contribution is 2.39. The number of nitrogens with one attached hydrogen (secondary N) is 1. The van der Waals surface area contributed by atoms with Crippen LogP contribution in [0.5, 0.6) is 0 Å². The van der Waals surface area contributed by atoms with Crippen molar-refractivity contribution in [2.24, 2.45) is 0 Å². The van der Waals surface area contributed by atoms with E-state index in [4.69, 9.17) is 9.97 Å². The van der Waals surface area contributed by atoms with E-state index in [2.05, 4.69) is 17.2 Å². The van der Waals surface area contributed by atoms with Gasteiger partial charge in [-0.3, -0.25) is 4.98 Å². The summed E-state index contributed by atoms with van der Waals surface area (Å²) in [7, 11) is 0. The Morgan fingerprint density at radius 1 is 1.24 bits per heavy atom. The molecule has 0 saturated heterocycles. The molecule has 0 unspecified atom stereocenters. The van der Waals surface area contributed by atoms with Crippen LogP contribution in [0.25, 0.3) is 11.4 Å². The smallest absolute Gasteiger partial charge is 0.160 e. The highest BCUT2D eigenvalue weighted by atomic mass is 15.0. The Morgan fingerprint density at radius 3 is 2.90 bits per heavy atom. The van der Waals surface area contributed by atoms with Gasteiger partial charge in [-0.2, -0.15) is 0 Å². The highest BCUT2D eigenvalue weighted by Gasteiger charge is 2.27. The van der Waals surface area contributed by atoms with Crippen molar-refractivity contribution in [2.45, 2.75) is 45.1 Å². The van der Waals surface area contributed by atoms with Crippen LogP contribution >= 0.6 is 0 Å². The van der Waals surface area contributed by atoms with E-state index >= 15 is 0 Å². The molecule has 0 bridgehead atoms. The minimum absolute atomic E-state index is 0.641. The molecule has 3 heterocycles. The monoisotopic (exact) mass is 280 g/mol. The molecular weight excluding hydrogens is 260 g/mol. The van der Waals surface area contributed by atoms with E-state index in [9.17, 15) is 0 Å². The second-order valence-corrected chi connectivity index (χ2v) is 6.10. The average molecular weight is 280 g/mol. The number of hydrogen-bond donors (Lipinski definition) is 1. The first kappa shape index (κ1) is 12.9. The predicted molar refractivity (Wildman–Crippen MR) is 82.0 cm³/mol. The van der Waals surface area contributed by atoms with Gasteiger partial charge in [0.05, 0.1) is 11.4 Å². The highest BCUT2D eigenvalue weighted by molar-refractivity contribution is 5.59. The molecule has 4 heteroatoms. The molecule has 0 atom stereocenters. The van der Waals surface area contributed by atoms with Crippen molar-refractivity contribution in [3.63, 3.8) is 0 Å². The minimum Gasteiger partial charge on any atom is -0.312 e. The van der Waals surface area contributed by atoms with Gasteiger partial charge in [0, 0.05) is 48.9 Å². The van der Waals surface area contributed by atoms with Gasteiger partial charge < -0.3 is 5.32 Å². The summed E-state index contributed by atoms with van der Waals surface area (Å²) in [6, 6.07) is 2.03. The Bertz CT molecular complexity index is 676. The third-order valence-electron chi connectivity index (χ3n) is 4.72. The predicted octanol–water partition coefficient (Wildman–Crippen LogP) is 2.76. The normalized spacial score (nSPS) is 18.1. The summed E-state index contributed by atoms with van der Waals surface area (Å²) < 4.78 is 0. The van der Waals surface area contributed by atoms with Crippen molar-refractivity contribution in [3.05, 3.63) is 41.0 Å². The molecule has 21 heavy (non-hydrogen) atoms. The van der Waals surface area contributed by atoms with E-state index in [1.165, 1.54) is 36.2 Å². The van der Waals surface area contributed by atoms with Gasteiger partial charge in [0.25, 0.3) is 0 Å². The fraction of sp³-hybridized carbons (Fsp3) is 0.471.